The molecule has 0 amide bonds. The van der Waals surface area contributed by atoms with Gasteiger partial charge in [0, 0.05) is 0 Å². The molecular formula is C21H16F3O2S+. The number of ether oxygens (including phenoxy) is 1. The minimum absolute atomic E-state index is 0.0904. The van der Waals surface area contributed by atoms with E-state index in [1.54, 1.807) is 12.1 Å². The van der Waals surface area contributed by atoms with Crippen LogP contribution in [0.15, 0.2) is 99.6 Å². The number of hydrogen-bond donors (Lipinski definition) is 0. The maximum Gasteiger partial charge on any atom is 0.422 e. The van der Waals surface area contributed by atoms with Crippen LogP contribution in [0.3, 0.4) is 0 Å². The van der Waals surface area contributed by atoms with Gasteiger partial charge in [-0.3, -0.25) is 0 Å². The van der Waals surface area contributed by atoms with Gasteiger partial charge in [-0.1, -0.05) is 36.4 Å². The van der Waals surface area contributed by atoms with Crippen LogP contribution < -0.4 is 0 Å². The highest BCUT2D eigenvalue weighted by molar-refractivity contribution is 7.97. The van der Waals surface area contributed by atoms with E-state index in [0.717, 1.165) is 14.7 Å². The van der Waals surface area contributed by atoms with Crippen molar-refractivity contribution >= 4 is 16.9 Å². The molecule has 0 saturated heterocycles. The van der Waals surface area contributed by atoms with E-state index in [2.05, 4.69) is 4.74 Å². The van der Waals surface area contributed by atoms with Crippen LogP contribution in [0.25, 0.3) is 0 Å². The Labute approximate surface area is 158 Å². The maximum atomic E-state index is 12.2. The lowest BCUT2D eigenvalue weighted by molar-refractivity contribution is -0.161. The van der Waals surface area contributed by atoms with Crippen LogP contribution in [0.5, 0.6) is 0 Å². The van der Waals surface area contributed by atoms with E-state index in [1.165, 1.54) is 12.1 Å². The number of rotatable bonds is 5. The van der Waals surface area contributed by atoms with Crippen LogP contribution in [-0.2, 0) is 15.6 Å². The Hall–Kier alpha value is -2.73. The molecule has 0 atom stereocenters. The summed E-state index contributed by atoms with van der Waals surface area (Å²) in [5, 5.41) is 0. The number of carbonyl (C=O) groups is 1. The third kappa shape index (κ3) is 5.14. The van der Waals surface area contributed by atoms with Gasteiger partial charge in [-0.05, 0) is 48.5 Å². The standard InChI is InChI=1S/C21H16F3O2S/c22-21(23,24)15-26-20(25)16-11-13-19(14-12-16)27(17-7-3-1-4-8-17)18-9-5-2-6-10-18/h1-14H,15H2/q+1. The van der Waals surface area contributed by atoms with E-state index in [1.807, 2.05) is 60.7 Å². The molecule has 3 rings (SSSR count). The number of benzene rings is 3. The molecule has 0 unspecified atom stereocenters. The molecule has 0 N–H and O–H groups in total. The first-order valence-corrected chi connectivity index (χ1v) is 9.35. The molecule has 0 fully saturated rings. The molecule has 0 aromatic heterocycles. The molecule has 0 aliphatic heterocycles. The minimum Gasteiger partial charge on any atom is -0.452 e. The average molecular weight is 389 g/mol. The van der Waals surface area contributed by atoms with Gasteiger partial charge >= 0.3 is 12.1 Å². The van der Waals surface area contributed by atoms with Crippen molar-refractivity contribution < 1.29 is 22.7 Å². The van der Waals surface area contributed by atoms with E-state index in [4.69, 9.17) is 0 Å². The third-order valence-electron chi connectivity index (χ3n) is 3.65. The maximum absolute atomic E-state index is 12.2. The Morgan fingerprint density at radius 1 is 0.741 bits per heavy atom. The Bertz CT molecular complexity index is 839. The second-order valence-corrected chi connectivity index (χ2v) is 7.67. The molecule has 0 radical (unpaired) electrons. The summed E-state index contributed by atoms with van der Waals surface area (Å²) in [6, 6.07) is 26.4. The first kappa shape index (κ1) is 19.0. The zero-order valence-corrected chi connectivity index (χ0v) is 15.0. The summed E-state index contributed by atoms with van der Waals surface area (Å²) in [5.41, 5.74) is 0.0904. The molecule has 0 bridgehead atoms. The molecule has 0 heterocycles. The Kier molecular flexibility index (Phi) is 5.86. The summed E-state index contributed by atoms with van der Waals surface area (Å²) in [4.78, 5) is 15.0. The molecule has 27 heavy (non-hydrogen) atoms. The zero-order valence-electron chi connectivity index (χ0n) is 14.1. The lowest BCUT2D eigenvalue weighted by Gasteiger charge is -2.09. The van der Waals surface area contributed by atoms with Gasteiger partial charge in [0.05, 0.1) is 16.5 Å². The van der Waals surface area contributed by atoms with E-state index < -0.39 is 18.8 Å². The van der Waals surface area contributed by atoms with Gasteiger partial charge in [0.1, 0.15) is 0 Å². The molecule has 2 nitrogen and oxygen atoms in total. The fourth-order valence-electron chi connectivity index (χ4n) is 2.48. The van der Waals surface area contributed by atoms with Crippen molar-refractivity contribution in [2.24, 2.45) is 0 Å². The molecule has 3 aromatic rings. The fourth-order valence-corrected chi connectivity index (χ4v) is 4.56. The number of hydrogen-bond acceptors (Lipinski definition) is 2. The van der Waals surface area contributed by atoms with Crippen LogP contribution in [-0.4, -0.2) is 18.8 Å². The van der Waals surface area contributed by atoms with Crippen molar-refractivity contribution in [3.8, 4) is 0 Å². The summed E-state index contributed by atoms with van der Waals surface area (Å²) < 4.78 is 40.9. The topological polar surface area (TPSA) is 26.3 Å². The van der Waals surface area contributed by atoms with Crippen LogP contribution in [0, 0.1) is 0 Å². The van der Waals surface area contributed by atoms with Crippen molar-refractivity contribution in [2.45, 2.75) is 20.9 Å². The van der Waals surface area contributed by atoms with E-state index in [0.29, 0.717) is 0 Å². The van der Waals surface area contributed by atoms with Gasteiger partial charge in [-0.25, -0.2) is 4.79 Å². The SMILES string of the molecule is O=C(OCC(F)(F)F)c1ccc([S+](c2ccccc2)c2ccccc2)cc1. The normalized spacial score (nSPS) is 11.4. The van der Waals surface area contributed by atoms with Crippen LogP contribution in [0.2, 0.25) is 0 Å². The van der Waals surface area contributed by atoms with Gasteiger partial charge in [-0.2, -0.15) is 13.2 Å². The smallest absolute Gasteiger partial charge is 0.422 e. The van der Waals surface area contributed by atoms with Crippen molar-refractivity contribution in [3.63, 3.8) is 0 Å². The van der Waals surface area contributed by atoms with E-state index in [9.17, 15) is 18.0 Å². The van der Waals surface area contributed by atoms with Crippen LogP contribution >= 0.6 is 0 Å². The predicted molar refractivity (Wildman–Crippen MR) is 97.8 cm³/mol. The first-order chi connectivity index (χ1) is 12.9. The van der Waals surface area contributed by atoms with Gasteiger partial charge in [0.2, 0.25) is 0 Å². The number of halogens is 3. The van der Waals surface area contributed by atoms with Crippen LogP contribution in [0.1, 0.15) is 10.4 Å². The second kappa shape index (κ2) is 8.31. The van der Waals surface area contributed by atoms with Crippen molar-refractivity contribution in [3.05, 3.63) is 90.5 Å². The Morgan fingerprint density at radius 2 is 1.19 bits per heavy atom. The first-order valence-electron chi connectivity index (χ1n) is 8.12. The molecule has 138 valence electrons. The van der Waals surface area contributed by atoms with Gasteiger partial charge in [0.15, 0.2) is 21.3 Å². The van der Waals surface area contributed by atoms with Gasteiger partial charge < -0.3 is 4.74 Å². The number of carbonyl (C=O) groups excluding carboxylic acids is 1. The van der Waals surface area contributed by atoms with Crippen molar-refractivity contribution in [1.29, 1.82) is 0 Å². The fraction of sp³-hybridized carbons (Fsp3) is 0.0952. The van der Waals surface area contributed by atoms with E-state index >= 15 is 0 Å². The van der Waals surface area contributed by atoms with Gasteiger partial charge in [-0.15, -0.1) is 0 Å². The second-order valence-electron chi connectivity index (χ2n) is 5.65. The quantitative estimate of drug-likeness (QED) is 0.425. The minimum atomic E-state index is -4.54. The zero-order chi connectivity index (χ0) is 19.3. The van der Waals surface area contributed by atoms with E-state index in [-0.39, 0.29) is 16.5 Å². The van der Waals surface area contributed by atoms with Crippen LogP contribution in [0.4, 0.5) is 13.2 Å². The van der Waals surface area contributed by atoms with Crippen molar-refractivity contribution in [2.75, 3.05) is 6.61 Å². The monoisotopic (exact) mass is 389 g/mol. The third-order valence-corrected chi connectivity index (χ3v) is 5.88. The number of alkyl halides is 3. The molecule has 0 saturated carbocycles. The Balaban J connectivity index is 1.87. The molecule has 0 spiro atoms. The lowest BCUT2D eigenvalue weighted by atomic mass is 10.2. The summed E-state index contributed by atoms with van der Waals surface area (Å²) in [6.07, 6.45) is -4.54. The molecule has 0 aliphatic carbocycles. The number of esters is 1. The Morgan fingerprint density at radius 3 is 1.63 bits per heavy atom. The highest BCUT2D eigenvalue weighted by Gasteiger charge is 2.31. The summed E-state index contributed by atoms with van der Waals surface area (Å²) in [7, 11) is -0.386. The van der Waals surface area contributed by atoms with Gasteiger partial charge in [0.25, 0.3) is 0 Å². The van der Waals surface area contributed by atoms with Crippen molar-refractivity contribution in [1.82, 2.24) is 0 Å². The summed E-state index contributed by atoms with van der Waals surface area (Å²) >= 11 is 0. The summed E-state index contributed by atoms with van der Waals surface area (Å²) in [5.74, 6) is -0.988. The molecule has 3 aromatic carbocycles. The predicted octanol–water partition coefficient (Wildman–Crippen LogP) is 5.50. The molecule has 0 aliphatic rings. The average Bonchev–Trinajstić information content (AvgIpc) is 2.68. The highest BCUT2D eigenvalue weighted by Crippen LogP contribution is 2.31. The largest absolute Gasteiger partial charge is 0.452 e. The summed E-state index contributed by atoms with van der Waals surface area (Å²) in [6.45, 7) is -1.59. The lowest BCUT2D eigenvalue weighted by Crippen LogP contribution is -2.20. The molecule has 6 heteroatoms. The molecular weight excluding hydrogens is 373 g/mol. The highest BCUT2D eigenvalue weighted by atomic mass is 32.2.